The first-order valence-electron chi connectivity index (χ1n) is 8.52. The summed E-state index contributed by atoms with van der Waals surface area (Å²) in [5, 5.41) is 19.9. The Bertz CT molecular complexity index is 782. The molecule has 2 rings (SSSR count). The maximum absolute atomic E-state index is 9.52. The molecule has 0 aliphatic heterocycles. The van der Waals surface area contributed by atoms with E-state index in [4.69, 9.17) is 28.3 Å². The average molecular weight is 389 g/mol. The molecule has 0 radical (unpaired) electrons. The SMILES string of the molecule is OCCC#C/C(Cc1ccc(Cl)cc1)=C(/CCO)Cc1ccc(Cl)cc1. The average Bonchev–Trinajstić information content (AvgIpc) is 2.64. The molecule has 0 amide bonds. The highest BCUT2D eigenvalue weighted by atomic mass is 35.5. The van der Waals surface area contributed by atoms with Crippen molar-refractivity contribution in [2.24, 2.45) is 0 Å². The molecule has 0 atom stereocenters. The van der Waals surface area contributed by atoms with Crippen LogP contribution in [-0.4, -0.2) is 23.4 Å². The van der Waals surface area contributed by atoms with Crippen LogP contribution in [0.1, 0.15) is 24.0 Å². The van der Waals surface area contributed by atoms with Crippen LogP contribution in [0.15, 0.2) is 59.7 Å². The standard InChI is InChI=1S/C22H22Cl2O2/c23-21-8-4-17(5-9-21)15-19(3-1-2-13-25)20(12-14-26)16-18-6-10-22(24)11-7-18/h4-11,25-26H,2,12-16H2/b20-19+. The Hall–Kier alpha value is -1.76. The van der Waals surface area contributed by atoms with E-state index in [0.717, 1.165) is 22.3 Å². The van der Waals surface area contributed by atoms with E-state index >= 15 is 0 Å². The first-order valence-corrected chi connectivity index (χ1v) is 9.28. The number of allylic oxidation sites excluding steroid dienone is 1. The van der Waals surface area contributed by atoms with Crippen molar-refractivity contribution in [2.75, 3.05) is 13.2 Å². The number of aliphatic hydroxyl groups is 2. The van der Waals surface area contributed by atoms with E-state index in [1.807, 2.05) is 48.5 Å². The van der Waals surface area contributed by atoms with Crippen molar-refractivity contribution < 1.29 is 10.2 Å². The van der Waals surface area contributed by atoms with Gasteiger partial charge in [0.25, 0.3) is 0 Å². The van der Waals surface area contributed by atoms with Crippen LogP contribution in [0, 0.1) is 11.8 Å². The molecule has 4 heteroatoms. The lowest BCUT2D eigenvalue weighted by atomic mass is 9.93. The topological polar surface area (TPSA) is 40.5 Å². The Kier molecular flexibility index (Phi) is 8.74. The van der Waals surface area contributed by atoms with Gasteiger partial charge in [0.05, 0.1) is 6.61 Å². The molecule has 0 saturated carbocycles. The molecule has 0 saturated heterocycles. The van der Waals surface area contributed by atoms with E-state index in [2.05, 4.69) is 11.8 Å². The lowest BCUT2D eigenvalue weighted by molar-refractivity contribution is 0.298. The molecular weight excluding hydrogens is 367 g/mol. The summed E-state index contributed by atoms with van der Waals surface area (Å²) >= 11 is 11.9. The lowest BCUT2D eigenvalue weighted by Crippen LogP contribution is -2.02. The van der Waals surface area contributed by atoms with Crippen molar-refractivity contribution in [3.05, 3.63) is 80.8 Å². The summed E-state index contributed by atoms with van der Waals surface area (Å²) in [7, 11) is 0. The van der Waals surface area contributed by atoms with Crippen molar-refractivity contribution in [2.45, 2.75) is 25.7 Å². The highest BCUT2D eigenvalue weighted by Gasteiger charge is 2.08. The van der Waals surface area contributed by atoms with Crippen LogP contribution >= 0.6 is 23.2 Å². The van der Waals surface area contributed by atoms with Crippen molar-refractivity contribution in [1.29, 1.82) is 0 Å². The van der Waals surface area contributed by atoms with Crippen LogP contribution in [-0.2, 0) is 12.8 Å². The molecule has 2 aromatic carbocycles. The van der Waals surface area contributed by atoms with Gasteiger partial charge in [-0.25, -0.2) is 0 Å². The molecule has 2 N–H and O–H groups in total. The molecule has 0 fully saturated rings. The molecule has 0 bridgehead atoms. The molecule has 136 valence electrons. The Morgan fingerprint density at radius 1 is 0.769 bits per heavy atom. The predicted octanol–water partition coefficient (Wildman–Crippen LogP) is 4.84. The highest BCUT2D eigenvalue weighted by molar-refractivity contribution is 6.30. The van der Waals surface area contributed by atoms with Gasteiger partial charge in [-0.3, -0.25) is 0 Å². The quantitative estimate of drug-likeness (QED) is 0.665. The van der Waals surface area contributed by atoms with Gasteiger partial charge >= 0.3 is 0 Å². The molecule has 0 aliphatic rings. The largest absolute Gasteiger partial charge is 0.396 e. The van der Waals surface area contributed by atoms with Crippen molar-refractivity contribution in [3.63, 3.8) is 0 Å². The van der Waals surface area contributed by atoms with Gasteiger partial charge in [-0.2, -0.15) is 0 Å². The zero-order valence-electron chi connectivity index (χ0n) is 14.5. The van der Waals surface area contributed by atoms with Crippen LogP contribution in [0.5, 0.6) is 0 Å². The number of aliphatic hydroxyl groups excluding tert-OH is 2. The summed E-state index contributed by atoms with van der Waals surface area (Å²) < 4.78 is 0. The Morgan fingerprint density at radius 3 is 1.81 bits per heavy atom. The maximum Gasteiger partial charge on any atom is 0.0540 e. The molecule has 2 aromatic rings. The van der Waals surface area contributed by atoms with E-state index in [0.29, 0.717) is 35.7 Å². The van der Waals surface area contributed by atoms with Crippen molar-refractivity contribution in [3.8, 4) is 11.8 Å². The fourth-order valence-electron chi connectivity index (χ4n) is 2.62. The summed E-state index contributed by atoms with van der Waals surface area (Å²) in [4.78, 5) is 0. The van der Waals surface area contributed by atoms with E-state index in [9.17, 15) is 5.11 Å². The lowest BCUT2D eigenvalue weighted by Gasteiger charge is -2.12. The van der Waals surface area contributed by atoms with Gasteiger partial charge in [-0.05, 0) is 48.2 Å². The molecule has 26 heavy (non-hydrogen) atoms. The number of benzene rings is 2. The van der Waals surface area contributed by atoms with E-state index in [-0.39, 0.29) is 13.2 Å². The van der Waals surface area contributed by atoms with Crippen LogP contribution < -0.4 is 0 Å². The number of rotatable bonds is 7. The zero-order valence-corrected chi connectivity index (χ0v) is 16.0. The van der Waals surface area contributed by atoms with Gasteiger partial charge in [0.1, 0.15) is 0 Å². The molecule has 0 spiro atoms. The normalized spacial score (nSPS) is 11.5. The second-order valence-electron chi connectivity index (χ2n) is 5.94. The second-order valence-corrected chi connectivity index (χ2v) is 6.81. The number of halogens is 2. The Morgan fingerprint density at radius 2 is 1.31 bits per heavy atom. The summed E-state index contributed by atoms with van der Waals surface area (Å²) in [6, 6.07) is 15.4. The minimum atomic E-state index is 0.0355. The van der Waals surface area contributed by atoms with Crippen molar-refractivity contribution in [1.82, 2.24) is 0 Å². The van der Waals surface area contributed by atoms with E-state index in [1.54, 1.807) is 0 Å². The predicted molar refractivity (Wildman–Crippen MR) is 109 cm³/mol. The van der Waals surface area contributed by atoms with Crippen LogP contribution in [0.4, 0.5) is 0 Å². The molecule has 0 aromatic heterocycles. The Labute approximate surface area is 165 Å². The van der Waals surface area contributed by atoms with Gasteiger partial charge in [0.2, 0.25) is 0 Å². The molecule has 0 aliphatic carbocycles. The summed E-state index contributed by atoms with van der Waals surface area (Å²) in [5.41, 5.74) is 4.30. The van der Waals surface area contributed by atoms with Crippen molar-refractivity contribution >= 4 is 23.2 Å². The second kappa shape index (κ2) is 11.1. The third-order valence-corrected chi connectivity index (χ3v) is 4.45. The zero-order chi connectivity index (χ0) is 18.8. The van der Waals surface area contributed by atoms with E-state index in [1.165, 1.54) is 0 Å². The van der Waals surface area contributed by atoms with Crippen LogP contribution in [0.3, 0.4) is 0 Å². The van der Waals surface area contributed by atoms with Crippen LogP contribution in [0.2, 0.25) is 10.0 Å². The van der Waals surface area contributed by atoms with E-state index < -0.39 is 0 Å². The maximum atomic E-state index is 9.52. The minimum absolute atomic E-state index is 0.0355. The highest BCUT2D eigenvalue weighted by Crippen LogP contribution is 2.21. The summed E-state index contributed by atoms with van der Waals surface area (Å²) in [6.07, 6.45) is 2.35. The van der Waals surface area contributed by atoms with Gasteiger partial charge in [-0.1, -0.05) is 64.9 Å². The van der Waals surface area contributed by atoms with Gasteiger partial charge < -0.3 is 10.2 Å². The van der Waals surface area contributed by atoms with Gasteiger partial charge in [0, 0.05) is 35.1 Å². The minimum Gasteiger partial charge on any atom is -0.396 e. The first kappa shape index (κ1) is 20.6. The third-order valence-electron chi connectivity index (χ3n) is 3.94. The monoisotopic (exact) mass is 388 g/mol. The molecule has 0 heterocycles. The molecule has 0 unspecified atom stereocenters. The summed E-state index contributed by atoms with van der Waals surface area (Å²) in [6.45, 7) is 0.0997. The summed E-state index contributed by atoms with van der Waals surface area (Å²) in [5.74, 6) is 6.21. The smallest absolute Gasteiger partial charge is 0.0540 e. The first-order chi connectivity index (χ1) is 12.6. The van der Waals surface area contributed by atoms with Gasteiger partial charge in [-0.15, -0.1) is 0 Å². The Balaban J connectivity index is 2.35. The molecule has 2 nitrogen and oxygen atoms in total. The van der Waals surface area contributed by atoms with Crippen LogP contribution in [0.25, 0.3) is 0 Å². The third kappa shape index (κ3) is 6.86. The van der Waals surface area contributed by atoms with Gasteiger partial charge in [0.15, 0.2) is 0 Å². The number of hydrogen-bond acceptors (Lipinski definition) is 2. The fraction of sp³-hybridized carbons (Fsp3) is 0.273. The fourth-order valence-corrected chi connectivity index (χ4v) is 2.87. The number of hydrogen-bond donors (Lipinski definition) is 2. The molecular formula is C22H22Cl2O2.